The third-order valence-corrected chi connectivity index (χ3v) is 6.66. The van der Waals surface area contributed by atoms with E-state index < -0.39 is 0 Å². The molecule has 8 heteroatoms. The minimum Gasteiger partial charge on any atom is -0.339 e. The molecule has 7 nitrogen and oxygen atoms in total. The Morgan fingerprint density at radius 1 is 1.25 bits per heavy atom. The largest absolute Gasteiger partial charge is 0.339 e. The van der Waals surface area contributed by atoms with Crippen molar-refractivity contribution in [3.8, 4) is 5.13 Å². The number of aryl methyl sites for hydroxylation is 1. The number of piperidine rings is 1. The third-order valence-electron chi connectivity index (χ3n) is 5.50. The van der Waals surface area contributed by atoms with Gasteiger partial charge in [0, 0.05) is 37.8 Å². The molecule has 1 amide bonds. The fraction of sp³-hybridized carbons (Fsp3) is 0.500. The lowest BCUT2D eigenvalue weighted by Gasteiger charge is -2.32. The summed E-state index contributed by atoms with van der Waals surface area (Å²) in [6.07, 6.45) is 9.07. The van der Waals surface area contributed by atoms with Crippen LogP contribution in [0.15, 0.2) is 29.0 Å². The van der Waals surface area contributed by atoms with Gasteiger partial charge in [0.15, 0.2) is 11.0 Å². The monoisotopic (exact) mass is 397 g/mol. The predicted octanol–water partition coefficient (Wildman–Crippen LogP) is 3.60. The van der Waals surface area contributed by atoms with Crippen LogP contribution in [-0.4, -0.2) is 43.6 Å². The standard InChI is InChI=1S/C20H23N5O2S/c1-13-17(28-20(21-13)24-8-2-3-9-24)19(26)25-10-4-5-14(12-25)11-16-22-18(23-27-16)15-6-7-15/h2-3,8-9,14-15H,4-7,10-12H2,1H3. The van der Waals surface area contributed by atoms with Crippen molar-refractivity contribution in [3.63, 3.8) is 0 Å². The molecule has 1 unspecified atom stereocenters. The highest BCUT2D eigenvalue weighted by Gasteiger charge is 2.31. The van der Waals surface area contributed by atoms with Crippen LogP contribution in [0.5, 0.6) is 0 Å². The predicted molar refractivity (Wildman–Crippen MR) is 105 cm³/mol. The second-order valence-corrected chi connectivity index (χ2v) is 8.76. The average Bonchev–Trinajstić information content (AvgIpc) is 3.10. The van der Waals surface area contributed by atoms with E-state index in [-0.39, 0.29) is 5.91 Å². The summed E-state index contributed by atoms with van der Waals surface area (Å²) in [6.45, 7) is 3.44. The highest BCUT2D eigenvalue weighted by Crippen LogP contribution is 2.38. The first-order valence-corrected chi connectivity index (χ1v) is 10.7. The van der Waals surface area contributed by atoms with E-state index in [2.05, 4.69) is 15.1 Å². The van der Waals surface area contributed by atoms with Crippen molar-refractivity contribution < 1.29 is 9.32 Å². The number of aromatic nitrogens is 4. The van der Waals surface area contributed by atoms with Crippen LogP contribution in [0, 0.1) is 12.8 Å². The van der Waals surface area contributed by atoms with Crippen LogP contribution in [0.2, 0.25) is 0 Å². The number of hydrogen-bond donors (Lipinski definition) is 0. The van der Waals surface area contributed by atoms with Gasteiger partial charge < -0.3 is 14.0 Å². The van der Waals surface area contributed by atoms with Gasteiger partial charge in [0.05, 0.1) is 5.69 Å². The lowest BCUT2D eigenvalue weighted by molar-refractivity contribution is 0.0672. The van der Waals surface area contributed by atoms with Gasteiger partial charge in [-0.05, 0) is 50.7 Å². The van der Waals surface area contributed by atoms with Crippen molar-refractivity contribution in [3.05, 3.63) is 46.8 Å². The SMILES string of the molecule is Cc1nc(-n2cccc2)sc1C(=O)N1CCCC(Cc2nc(C3CC3)no2)C1. The molecule has 2 fully saturated rings. The lowest BCUT2D eigenvalue weighted by Crippen LogP contribution is -2.40. The molecule has 146 valence electrons. The van der Waals surface area contributed by atoms with Crippen LogP contribution < -0.4 is 0 Å². The van der Waals surface area contributed by atoms with Gasteiger partial charge in [-0.15, -0.1) is 0 Å². The minimum absolute atomic E-state index is 0.0855. The van der Waals surface area contributed by atoms with E-state index in [1.54, 1.807) is 0 Å². The molecule has 1 aliphatic carbocycles. The van der Waals surface area contributed by atoms with E-state index in [9.17, 15) is 4.79 Å². The fourth-order valence-corrected chi connectivity index (χ4v) is 4.82. The number of amides is 1. The van der Waals surface area contributed by atoms with E-state index in [0.29, 0.717) is 17.7 Å². The van der Waals surface area contributed by atoms with Gasteiger partial charge in [0.1, 0.15) is 4.88 Å². The Hall–Kier alpha value is -2.48. The number of carbonyl (C=O) groups excluding carboxylic acids is 1. The van der Waals surface area contributed by atoms with Gasteiger partial charge in [0.25, 0.3) is 5.91 Å². The van der Waals surface area contributed by atoms with Crippen molar-refractivity contribution in [2.75, 3.05) is 13.1 Å². The van der Waals surface area contributed by atoms with Crippen LogP contribution >= 0.6 is 11.3 Å². The minimum atomic E-state index is 0.0855. The maximum Gasteiger partial charge on any atom is 0.265 e. The van der Waals surface area contributed by atoms with E-state index >= 15 is 0 Å². The molecule has 0 aromatic carbocycles. The Morgan fingerprint density at radius 2 is 2.07 bits per heavy atom. The molecule has 5 rings (SSSR count). The first-order valence-electron chi connectivity index (χ1n) is 9.90. The van der Waals surface area contributed by atoms with Crippen LogP contribution in [0.3, 0.4) is 0 Å². The third kappa shape index (κ3) is 3.48. The van der Waals surface area contributed by atoms with Gasteiger partial charge in [0.2, 0.25) is 5.89 Å². The maximum absolute atomic E-state index is 13.1. The maximum atomic E-state index is 13.1. The summed E-state index contributed by atoms with van der Waals surface area (Å²) in [4.78, 5) is 25.0. The molecule has 1 saturated carbocycles. The molecule has 1 aliphatic heterocycles. The van der Waals surface area contributed by atoms with Crippen molar-refractivity contribution in [1.82, 2.24) is 24.6 Å². The second-order valence-electron chi connectivity index (χ2n) is 7.79. The smallest absolute Gasteiger partial charge is 0.265 e. The molecule has 0 spiro atoms. The molecule has 0 radical (unpaired) electrons. The molecule has 3 aromatic rings. The van der Waals surface area contributed by atoms with Crippen molar-refractivity contribution >= 4 is 17.2 Å². The van der Waals surface area contributed by atoms with Crippen molar-refractivity contribution in [2.24, 2.45) is 5.92 Å². The summed E-state index contributed by atoms with van der Waals surface area (Å²) in [5.41, 5.74) is 0.798. The number of hydrogen-bond acceptors (Lipinski definition) is 6. The van der Waals surface area contributed by atoms with Crippen LogP contribution in [0.1, 0.15) is 58.7 Å². The van der Waals surface area contributed by atoms with Gasteiger partial charge in [-0.1, -0.05) is 16.5 Å². The highest BCUT2D eigenvalue weighted by molar-refractivity contribution is 7.16. The zero-order valence-electron chi connectivity index (χ0n) is 15.9. The first-order chi connectivity index (χ1) is 13.7. The molecule has 1 saturated heterocycles. The van der Waals surface area contributed by atoms with Crippen LogP contribution in [-0.2, 0) is 6.42 Å². The topological polar surface area (TPSA) is 77.1 Å². The van der Waals surface area contributed by atoms with Gasteiger partial charge >= 0.3 is 0 Å². The summed E-state index contributed by atoms with van der Waals surface area (Å²) in [5, 5.41) is 4.94. The normalized spacial score (nSPS) is 19.9. The Labute approximate surface area is 167 Å². The molecular formula is C20H23N5O2S. The van der Waals surface area contributed by atoms with Gasteiger partial charge in [-0.25, -0.2) is 4.98 Å². The zero-order valence-corrected chi connectivity index (χ0v) is 16.7. The summed E-state index contributed by atoms with van der Waals surface area (Å²) < 4.78 is 7.38. The van der Waals surface area contributed by atoms with E-state index in [4.69, 9.17) is 4.52 Å². The molecule has 0 N–H and O–H groups in total. The lowest BCUT2D eigenvalue weighted by atomic mass is 9.94. The zero-order chi connectivity index (χ0) is 19.1. The summed E-state index contributed by atoms with van der Waals surface area (Å²) in [7, 11) is 0. The van der Waals surface area contributed by atoms with Gasteiger partial charge in [-0.3, -0.25) is 4.79 Å². The highest BCUT2D eigenvalue weighted by atomic mass is 32.1. The summed E-state index contributed by atoms with van der Waals surface area (Å²) >= 11 is 1.46. The molecule has 0 bridgehead atoms. The molecule has 28 heavy (non-hydrogen) atoms. The van der Waals surface area contributed by atoms with E-state index in [0.717, 1.165) is 53.9 Å². The van der Waals surface area contributed by atoms with E-state index in [1.165, 1.54) is 24.2 Å². The molecule has 1 atom stereocenters. The Morgan fingerprint density at radius 3 is 2.86 bits per heavy atom. The quantitative estimate of drug-likeness (QED) is 0.657. The van der Waals surface area contributed by atoms with Crippen molar-refractivity contribution in [2.45, 2.75) is 44.9 Å². The fourth-order valence-electron chi connectivity index (χ4n) is 3.82. The molecular weight excluding hydrogens is 374 g/mol. The Kier molecular flexibility index (Phi) is 4.50. The van der Waals surface area contributed by atoms with Gasteiger partial charge in [-0.2, -0.15) is 4.98 Å². The Bertz CT molecular complexity index is 973. The summed E-state index contributed by atoms with van der Waals surface area (Å²) in [6, 6.07) is 3.92. The second kappa shape index (κ2) is 7.16. The number of nitrogens with zero attached hydrogens (tertiary/aromatic N) is 5. The first kappa shape index (κ1) is 17.6. The number of rotatable bonds is 5. The van der Waals surface area contributed by atoms with E-state index in [1.807, 2.05) is 40.9 Å². The summed E-state index contributed by atoms with van der Waals surface area (Å²) in [5.74, 6) is 2.53. The Balaban J connectivity index is 1.27. The molecule has 4 heterocycles. The van der Waals surface area contributed by atoms with Crippen LogP contribution in [0.25, 0.3) is 5.13 Å². The van der Waals surface area contributed by atoms with Crippen LogP contribution in [0.4, 0.5) is 0 Å². The average molecular weight is 398 g/mol. The number of likely N-dealkylation sites (tertiary alicyclic amines) is 1. The number of carbonyl (C=O) groups is 1. The molecule has 3 aromatic heterocycles. The molecule has 2 aliphatic rings. The number of thiazole rings is 1. The van der Waals surface area contributed by atoms with Crippen molar-refractivity contribution in [1.29, 1.82) is 0 Å².